The summed E-state index contributed by atoms with van der Waals surface area (Å²) in [4.78, 5) is 26.3. The van der Waals surface area contributed by atoms with Gasteiger partial charge in [0.15, 0.2) is 0 Å². The highest BCUT2D eigenvalue weighted by molar-refractivity contribution is 5.95. The van der Waals surface area contributed by atoms with Gasteiger partial charge in [-0.1, -0.05) is 0 Å². The Hall–Kier alpha value is -3.02. The zero-order chi connectivity index (χ0) is 20.5. The van der Waals surface area contributed by atoms with E-state index in [1.54, 1.807) is 49.5 Å². The third-order valence-corrected chi connectivity index (χ3v) is 4.52. The Kier molecular flexibility index (Phi) is 7.87. The Morgan fingerprint density at radius 2 is 1.50 bits per heavy atom. The van der Waals surface area contributed by atoms with Crippen molar-refractivity contribution in [3.8, 4) is 11.5 Å². The van der Waals surface area contributed by atoms with Crippen LogP contribution in [0.2, 0.25) is 0 Å². The van der Waals surface area contributed by atoms with Crippen LogP contribution < -0.4 is 14.8 Å². The molecule has 0 aliphatic heterocycles. The van der Waals surface area contributed by atoms with E-state index in [2.05, 4.69) is 5.32 Å². The third kappa shape index (κ3) is 5.74. The molecule has 6 nitrogen and oxygen atoms in total. The summed E-state index contributed by atoms with van der Waals surface area (Å²) in [5.41, 5.74) is 2.25. The van der Waals surface area contributed by atoms with Crippen LogP contribution in [0.25, 0.3) is 0 Å². The number of amides is 2. The lowest BCUT2D eigenvalue weighted by Crippen LogP contribution is -2.30. The molecule has 2 aromatic rings. The van der Waals surface area contributed by atoms with E-state index in [4.69, 9.17) is 9.47 Å². The molecule has 0 fully saturated rings. The lowest BCUT2D eigenvalue weighted by molar-refractivity contribution is -0.116. The van der Waals surface area contributed by atoms with Gasteiger partial charge >= 0.3 is 0 Å². The van der Waals surface area contributed by atoms with Crippen molar-refractivity contribution in [1.29, 1.82) is 0 Å². The molecule has 0 saturated heterocycles. The number of benzene rings is 2. The summed E-state index contributed by atoms with van der Waals surface area (Å²) >= 11 is 0. The molecule has 0 unspecified atom stereocenters. The highest BCUT2D eigenvalue weighted by atomic mass is 16.5. The maximum Gasteiger partial charge on any atom is 0.253 e. The van der Waals surface area contributed by atoms with Crippen LogP contribution in [0.3, 0.4) is 0 Å². The maximum absolute atomic E-state index is 12.3. The molecule has 2 amide bonds. The minimum absolute atomic E-state index is 0.00477. The summed E-state index contributed by atoms with van der Waals surface area (Å²) < 4.78 is 10.5. The van der Waals surface area contributed by atoms with E-state index in [0.717, 1.165) is 5.56 Å². The molecule has 0 bridgehead atoms. The van der Waals surface area contributed by atoms with Gasteiger partial charge in [-0.25, -0.2) is 0 Å². The van der Waals surface area contributed by atoms with E-state index in [1.165, 1.54) is 0 Å². The summed E-state index contributed by atoms with van der Waals surface area (Å²) in [5.74, 6) is 1.30. The topological polar surface area (TPSA) is 67.9 Å². The summed E-state index contributed by atoms with van der Waals surface area (Å²) in [6.45, 7) is 5.24. The second kappa shape index (κ2) is 10.3. The molecular weight excluding hydrogens is 356 g/mol. The summed E-state index contributed by atoms with van der Waals surface area (Å²) in [6.07, 6.45) is 0.897. The number of rotatable bonds is 9. The number of carbonyl (C=O) groups is 2. The van der Waals surface area contributed by atoms with Crippen molar-refractivity contribution >= 4 is 17.5 Å². The molecule has 28 heavy (non-hydrogen) atoms. The molecule has 0 aliphatic carbocycles. The first-order chi connectivity index (χ1) is 13.5. The number of anilines is 1. The van der Waals surface area contributed by atoms with E-state index in [1.807, 2.05) is 26.0 Å². The van der Waals surface area contributed by atoms with Crippen molar-refractivity contribution in [2.45, 2.75) is 26.7 Å². The number of ether oxygens (including phenoxy) is 2. The Morgan fingerprint density at radius 3 is 2.00 bits per heavy atom. The van der Waals surface area contributed by atoms with Crippen molar-refractivity contribution in [3.63, 3.8) is 0 Å². The maximum atomic E-state index is 12.3. The van der Waals surface area contributed by atoms with Gasteiger partial charge in [-0.2, -0.15) is 0 Å². The number of hydrogen-bond acceptors (Lipinski definition) is 4. The SMILES string of the molecule is CCN(CC)C(=O)c1ccc(NC(=O)CCc2cc(OC)cc(OC)c2)cc1. The van der Waals surface area contributed by atoms with Gasteiger partial charge in [0.2, 0.25) is 5.91 Å². The first kappa shape index (κ1) is 21.3. The molecule has 0 saturated carbocycles. The fourth-order valence-electron chi connectivity index (χ4n) is 2.88. The Morgan fingerprint density at radius 1 is 0.929 bits per heavy atom. The summed E-state index contributed by atoms with van der Waals surface area (Å²) in [7, 11) is 3.19. The molecule has 0 atom stereocenters. The third-order valence-electron chi connectivity index (χ3n) is 4.52. The number of nitrogens with zero attached hydrogens (tertiary/aromatic N) is 1. The van der Waals surface area contributed by atoms with Gasteiger partial charge in [0.25, 0.3) is 5.91 Å². The average molecular weight is 384 g/mol. The Balaban J connectivity index is 1.94. The van der Waals surface area contributed by atoms with Gasteiger partial charge < -0.3 is 19.7 Å². The predicted octanol–water partition coefficient (Wildman–Crippen LogP) is 3.76. The molecule has 2 rings (SSSR count). The van der Waals surface area contributed by atoms with Crippen molar-refractivity contribution < 1.29 is 19.1 Å². The van der Waals surface area contributed by atoms with Gasteiger partial charge in [0, 0.05) is 36.8 Å². The monoisotopic (exact) mass is 384 g/mol. The molecule has 0 radical (unpaired) electrons. The van der Waals surface area contributed by atoms with E-state index in [-0.39, 0.29) is 11.8 Å². The van der Waals surface area contributed by atoms with Crippen molar-refractivity contribution in [2.75, 3.05) is 32.6 Å². The molecule has 0 aromatic heterocycles. The minimum atomic E-state index is -0.0930. The molecular formula is C22H28N2O4. The van der Waals surface area contributed by atoms with Crippen LogP contribution in [0, 0.1) is 0 Å². The van der Waals surface area contributed by atoms with Crippen LogP contribution in [0.1, 0.15) is 36.2 Å². The molecule has 6 heteroatoms. The second-order valence-electron chi connectivity index (χ2n) is 6.32. The molecule has 1 N–H and O–H groups in total. The molecule has 150 valence electrons. The standard InChI is InChI=1S/C22H28N2O4/c1-5-24(6-2)22(26)17-8-10-18(11-9-17)23-21(25)12-7-16-13-19(27-3)15-20(14-16)28-4/h8-11,13-15H,5-7,12H2,1-4H3,(H,23,25). The van der Waals surface area contributed by atoms with E-state index in [9.17, 15) is 9.59 Å². The minimum Gasteiger partial charge on any atom is -0.497 e. The number of hydrogen-bond donors (Lipinski definition) is 1. The first-order valence-electron chi connectivity index (χ1n) is 9.41. The Bertz CT molecular complexity index is 776. The molecule has 2 aromatic carbocycles. The number of carbonyl (C=O) groups excluding carboxylic acids is 2. The van der Waals surface area contributed by atoms with Gasteiger partial charge in [-0.15, -0.1) is 0 Å². The highest BCUT2D eigenvalue weighted by Gasteiger charge is 2.12. The summed E-state index contributed by atoms with van der Waals surface area (Å²) in [6, 6.07) is 12.6. The quantitative estimate of drug-likeness (QED) is 0.715. The van der Waals surface area contributed by atoms with Crippen molar-refractivity contribution in [1.82, 2.24) is 4.90 Å². The lowest BCUT2D eigenvalue weighted by atomic mass is 10.1. The summed E-state index contributed by atoms with van der Waals surface area (Å²) in [5, 5.41) is 2.87. The molecule has 0 heterocycles. The smallest absolute Gasteiger partial charge is 0.253 e. The van der Waals surface area contributed by atoms with Gasteiger partial charge in [0.1, 0.15) is 11.5 Å². The fourth-order valence-corrected chi connectivity index (χ4v) is 2.88. The van der Waals surface area contributed by atoms with Crippen LogP contribution in [-0.4, -0.2) is 44.0 Å². The largest absolute Gasteiger partial charge is 0.497 e. The van der Waals surface area contributed by atoms with Crippen LogP contribution in [-0.2, 0) is 11.2 Å². The van der Waals surface area contributed by atoms with Crippen molar-refractivity contribution in [3.05, 3.63) is 53.6 Å². The van der Waals surface area contributed by atoms with Gasteiger partial charge in [-0.05, 0) is 62.2 Å². The van der Waals surface area contributed by atoms with Gasteiger partial charge in [0.05, 0.1) is 14.2 Å². The van der Waals surface area contributed by atoms with E-state index < -0.39 is 0 Å². The Labute approximate surface area is 166 Å². The van der Waals surface area contributed by atoms with E-state index >= 15 is 0 Å². The fraction of sp³-hybridized carbons (Fsp3) is 0.364. The van der Waals surface area contributed by atoms with Crippen LogP contribution in [0.5, 0.6) is 11.5 Å². The average Bonchev–Trinajstić information content (AvgIpc) is 2.73. The highest BCUT2D eigenvalue weighted by Crippen LogP contribution is 2.23. The van der Waals surface area contributed by atoms with Crippen LogP contribution in [0.15, 0.2) is 42.5 Å². The van der Waals surface area contributed by atoms with Crippen LogP contribution in [0.4, 0.5) is 5.69 Å². The number of methoxy groups -OCH3 is 2. The van der Waals surface area contributed by atoms with Gasteiger partial charge in [-0.3, -0.25) is 9.59 Å². The lowest BCUT2D eigenvalue weighted by Gasteiger charge is -2.18. The zero-order valence-electron chi connectivity index (χ0n) is 17.0. The number of nitrogens with one attached hydrogen (secondary N) is 1. The normalized spacial score (nSPS) is 10.3. The zero-order valence-corrected chi connectivity index (χ0v) is 17.0. The molecule has 0 spiro atoms. The number of aryl methyl sites for hydroxylation is 1. The van der Waals surface area contributed by atoms with Crippen molar-refractivity contribution in [2.24, 2.45) is 0 Å². The van der Waals surface area contributed by atoms with Crippen LogP contribution >= 0.6 is 0 Å². The predicted molar refractivity (Wildman–Crippen MR) is 110 cm³/mol. The van der Waals surface area contributed by atoms with E-state index in [0.29, 0.717) is 48.7 Å². The second-order valence-corrected chi connectivity index (χ2v) is 6.32. The molecule has 0 aliphatic rings. The first-order valence-corrected chi connectivity index (χ1v) is 9.41.